The number of hydrogen-bond donors (Lipinski definition) is 0. The Morgan fingerprint density at radius 1 is 0.900 bits per heavy atom. The molecular formula is C14H9Br2F3O. The monoisotopic (exact) mass is 408 g/mol. The Morgan fingerprint density at radius 3 is 2.05 bits per heavy atom. The maximum Gasteiger partial charge on any atom is 0.419 e. The molecule has 0 saturated carbocycles. The molecule has 0 radical (unpaired) electrons. The van der Waals surface area contributed by atoms with Crippen molar-refractivity contribution in [3.63, 3.8) is 0 Å². The Labute approximate surface area is 131 Å². The molecule has 0 aromatic heterocycles. The lowest BCUT2D eigenvalue weighted by atomic mass is 10.2. The van der Waals surface area contributed by atoms with Gasteiger partial charge in [-0.15, -0.1) is 0 Å². The maximum absolute atomic E-state index is 13.0. The Bertz CT molecular complexity index is 639. The number of ether oxygens (including phenoxy) is 1. The smallest absolute Gasteiger partial charge is 0.419 e. The minimum absolute atomic E-state index is 0.229. The first-order valence-corrected chi connectivity index (χ1v) is 7.17. The average Bonchev–Trinajstić information content (AvgIpc) is 2.32. The molecule has 0 unspecified atom stereocenters. The fourth-order valence-corrected chi connectivity index (χ4v) is 2.30. The van der Waals surface area contributed by atoms with Gasteiger partial charge in [0, 0.05) is 8.95 Å². The summed E-state index contributed by atoms with van der Waals surface area (Å²) in [6, 6.07) is 8.84. The van der Waals surface area contributed by atoms with Crippen molar-refractivity contribution in [1.29, 1.82) is 0 Å². The second kappa shape index (κ2) is 5.77. The quantitative estimate of drug-likeness (QED) is 0.563. The minimum Gasteiger partial charge on any atom is -0.456 e. The van der Waals surface area contributed by atoms with E-state index in [1.165, 1.54) is 12.1 Å². The summed E-state index contributed by atoms with van der Waals surface area (Å²) in [5.74, 6) is 0.149. The van der Waals surface area contributed by atoms with E-state index in [2.05, 4.69) is 31.9 Å². The molecule has 2 aromatic carbocycles. The van der Waals surface area contributed by atoms with Gasteiger partial charge >= 0.3 is 6.18 Å². The summed E-state index contributed by atoms with van der Waals surface area (Å²) in [6.45, 7) is 1.77. The molecule has 1 nitrogen and oxygen atoms in total. The van der Waals surface area contributed by atoms with Crippen molar-refractivity contribution in [1.82, 2.24) is 0 Å². The Balaban J connectivity index is 2.47. The predicted molar refractivity (Wildman–Crippen MR) is 78.1 cm³/mol. The summed E-state index contributed by atoms with van der Waals surface area (Å²) in [7, 11) is 0. The average molecular weight is 410 g/mol. The van der Waals surface area contributed by atoms with E-state index in [1.54, 1.807) is 25.1 Å². The van der Waals surface area contributed by atoms with Crippen molar-refractivity contribution in [3.05, 3.63) is 56.5 Å². The highest BCUT2D eigenvalue weighted by Gasteiger charge is 2.34. The third kappa shape index (κ3) is 3.55. The molecule has 0 aliphatic carbocycles. The fourth-order valence-electron chi connectivity index (χ4n) is 1.62. The van der Waals surface area contributed by atoms with Crippen LogP contribution in [0.15, 0.2) is 45.3 Å². The SMILES string of the molecule is Cc1ccc(Br)cc1Oc1cc(Br)ccc1C(F)(F)F. The molecule has 0 aliphatic rings. The fraction of sp³-hybridized carbons (Fsp3) is 0.143. The Kier molecular flexibility index (Phi) is 4.44. The van der Waals surface area contributed by atoms with E-state index in [9.17, 15) is 13.2 Å². The second-order valence-corrected chi connectivity index (χ2v) is 5.98. The van der Waals surface area contributed by atoms with E-state index >= 15 is 0 Å². The summed E-state index contributed by atoms with van der Waals surface area (Å²) in [6.07, 6.45) is -4.46. The number of alkyl halides is 3. The van der Waals surface area contributed by atoms with E-state index in [-0.39, 0.29) is 5.75 Å². The number of aryl methyl sites for hydroxylation is 1. The standard InChI is InChI=1S/C14H9Br2F3O/c1-8-2-3-9(15)6-12(8)20-13-7-10(16)4-5-11(13)14(17,18)19/h2-7H,1H3. The van der Waals surface area contributed by atoms with Gasteiger partial charge in [0.2, 0.25) is 0 Å². The summed E-state index contributed by atoms with van der Waals surface area (Å²) in [4.78, 5) is 0. The van der Waals surface area contributed by atoms with Crippen molar-refractivity contribution in [2.45, 2.75) is 13.1 Å². The van der Waals surface area contributed by atoms with E-state index < -0.39 is 11.7 Å². The molecule has 0 atom stereocenters. The van der Waals surface area contributed by atoms with Gasteiger partial charge in [-0.2, -0.15) is 13.2 Å². The van der Waals surface area contributed by atoms with Gasteiger partial charge < -0.3 is 4.74 Å². The topological polar surface area (TPSA) is 9.23 Å². The summed E-state index contributed by atoms with van der Waals surface area (Å²) >= 11 is 6.42. The van der Waals surface area contributed by atoms with Gasteiger partial charge in [0.25, 0.3) is 0 Å². The third-order valence-corrected chi connectivity index (χ3v) is 3.61. The van der Waals surface area contributed by atoms with Crippen LogP contribution in [0.2, 0.25) is 0 Å². The van der Waals surface area contributed by atoms with Gasteiger partial charge in [0.15, 0.2) is 0 Å². The number of rotatable bonds is 2. The molecule has 0 spiro atoms. The maximum atomic E-state index is 13.0. The summed E-state index contributed by atoms with van der Waals surface area (Å²) < 4.78 is 45.6. The van der Waals surface area contributed by atoms with E-state index in [0.717, 1.165) is 16.1 Å². The van der Waals surface area contributed by atoms with Crippen LogP contribution >= 0.6 is 31.9 Å². The van der Waals surface area contributed by atoms with Gasteiger partial charge in [-0.3, -0.25) is 0 Å². The molecule has 0 N–H and O–H groups in total. The Morgan fingerprint density at radius 2 is 1.45 bits per heavy atom. The van der Waals surface area contributed by atoms with Crippen molar-refractivity contribution in [2.75, 3.05) is 0 Å². The van der Waals surface area contributed by atoms with Gasteiger partial charge in [0.05, 0.1) is 5.56 Å². The van der Waals surface area contributed by atoms with E-state index in [1.807, 2.05) is 0 Å². The van der Waals surface area contributed by atoms with Crippen LogP contribution in [0.5, 0.6) is 11.5 Å². The molecule has 2 aromatic rings. The van der Waals surface area contributed by atoms with Crippen LogP contribution in [0.25, 0.3) is 0 Å². The highest BCUT2D eigenvalue weighted by molar-refractivity contribution is 9.10. The van der Waals surface area contributed by atoms with Crippen molar-refractivity contribution in [3.8, 4) is 11.5 Å². The van der Waals surface area contributed by atoms with Crippen LogP contribution in [-0.4, -0.2) is 0 Å². The molecule has 0 heterocycles. The number of benzene rings is 2. The van der Waals surface area contributed by atoms with Crippen molar-refractivity contribution < 1.29 is 17.9 Å². The van der Waals surface area contributed by atoms with Gasteiger partial charge in [0.1, 0.15) is 11.5 Å². The molecule has 0 fully saturated rings. The number of halogens is 5. The molecule has 6 heteroatoms. The summed E-state index contributed by atoms with van der Waals surface area (Å²) in [5.41, 5.74) is -0.0543. The second-order valence-electron chi connectivity index (χ2n) is 4.15. The lowest BCUT2D eigenvalue weighted by molar-refractivity contribution is -0.138. The minimum atomic E-state index is -4.46. The molecule has 2 rings (SSSR count). The zero-order valence-corrected chi connectivity index (χ0v) is 13.4. The van der Waals surface area contributed by atoms with Crippen LogP contribution in [-0.2, 0) is 6.18 Å². The molecule has 0 amide bonds. The lowest BCUT2D eigenvalue weighted by Gasteiger charge is -2.15. The van der Waals surface area contributed by atoms with Crippen LogP contribution in [0.1, 0.15) is 11.1 Å². The normalized spacial score (nSPS) is 11.5. The van der Waals surface area contributed by atoms with Gasteiger partial charge in [-0.1, -0.05) is 37.9 Å². The summed E-state index contributed by atoms with van der Waals surface area (Å²) in [5, 5.41) is 0. The lowest BCUT2D eigenvalue weighted by Crippen LogP contribution is -2.07. The van der Waals surface area contributed by atoms with Crippen molar-refractivity contribution >= 4 is 31.9 Å². The van der Waals surface area contributed by atoms with E-state index in [0.29, 0.717) is 10.2 Å². The first-order chi connectivity index (χ1) is 9.27. The van der Waals surface area contributed by atoms with Crippen LogP contribution in [0.3, 0.4) is 0 Å². The third-order valence-electron chi connectivity index (χ3n) is 2.62. The van der Waals surface area contributed by atoms with E-state index in [4.69, 9.17) is 4.74 Å². The van der Waals surface area contributed by atoms with Crippen LogP contribution in [0.4, 0.5) is 13.2 Å². The zero-order valence-electron chi connectivity index (χ0n) is 10.3. The molecule has 0 bridgehead atoms. The van der Waals surface area contributed by atoms with Gasteiger partial charge in [-0.05, 0) is 42.8 Å². The number of hydrogen-bond acceptors (Lipinski definition) is 1. The zero-order chi connectivity index (χ0) is 14.9. The van der Waals surface area contributed by atoms with Gasteiger partial charge in [-0.25, -0.2) is 0 Å². The van der Waals surface area contributed by atoms with Crippen LogP contribution < -0.4 is 4.74 Å². The largest absolute Gasteiger partial charge is 0.456 e. The highest BCUT2D eigenvalue weighted by atomic mass is 79.9. The first kappa shape index (κ1) is 15.4. The predicted octanol–water partition coefficient (Wildman–Crippen LogP) is 6.33. The molecule has 106 valence electrons. The van der Waals surface area contributed by atoms with Crippen molar-refractivity contribution in [2.24, 2.45) is 0 Å². The first-order valence-electron chi connectivity index (χ1n) is 5.58. The molecule has 20 heavy (non-hydrogen) atoms. The van der Waals surface area contributed by atoms with Crippen LogP contribution in [0, 0.1) is 6.92 Å². The molecular weight excluding hydrogens is 401 g/mol. The molecule has 0 saturated heterocycles. The molecule has 0 aliphatic heterocycles. The Hall–Kier alpha value is -1.01. The highest BCUT2D eigenvalue weighted by Crippen LogP contribution is 2.40.